The van der Waals surface area contributed by atoms with Gasteiger partial charge >= 0.3 is 0 Å². The van der Waals surface area contributed by atoms with E-state index in [0.29, 0.717) is 37.9 Å². The molecule has 0 aliphatic carbocycles. The third-order valence-electron chi connectivity index (χ3n) is 4.62. The minimum atomic E-state index is -0.627. The Morgan fingerprint density at radius 3 is 2.29 bits per heavy atom. The highest BCUT2D eigenvalue weighted by Gasteiger charge is 2.21. The Morgan fingerprint density at radius 1 is 1.11 bits per heavy atom. The predicted molar refractivity (Wildman–Crippen MR) is 105 cm³/mol. The summed E-state index contributed by atoms with van der Waals surface area (Å²) < 4.78 is 13.1. The van der Waals surface area contributed by atoms with Crippen LogP contribution in [0.25, 0.3) is 0 Å². The number of carbonyl (C=O) groups excluding carboxylic acids is 2. The van der Waals surface area contributed by atoms with Gasteiger partial charge in [0.2, 0.25) is 11.9 Å². The van der Waals surface area contributed by atoms with Crippen LogP contribution in [0.3, 0.4) is 0 Å². The third-order valence-corrected chi connectivity index (χ3v) is 4.62. The molecule has 1 aromatic carbocycles. The molecule has 2 aromatic rings. The topological polar surface area (TPSA) is 104 Å². The highest BCUT2D eigenvalue weighted by molar-refractivity contribution is 5.93. The number of nitrogens with zero attached hydrogens (tertiary/aromatic N) is 4. The van der Waals surface area contributed by atoms with Gasteiger partial charge in [0.05, 0.1) is 0 Å². The Balaban J connectivity index is 1.75. The number of benzene rings is 1. The molecule has 3 N–H and O–H groups in total. The maximum Gasteiger partial charge on any atom is 0.239 e. The zero-order valence-corrected chi connectivity index (χ0v) is 15.9. The maximum absolute atomic E-state index is 13.1. The van der Waals surface area contributed by atoms with Gasteiger partial charge < -0.3 is 20.9 Å². The van der Waals surface area contributed by atoms with Gasteiger partial charge in [0.1, 0.15) is 23.4 Å². The van der Waals surface area contributed by atoms with Crippen molar-refractivity contribution in [1.82, 2.24) is 9.97 Å². The van der Waals surface area contributed by atoms with Gasteiger partial charge in [0, 0.05) is 44.9 Å². The Labute approximate surface area is 162 Å². The van der Waals surface area contributed by atoms with E-state index in [-0.39, 0.29) is 17.3 Å². The van der Waals surface area contributed by atoms with Crippen LogP contribution in [-0.4, -0.2) is 53.9 Å². The minimum Gasteiger partial charge on any atom is -0.368 e. The summed E-state index contributed by atoms with van der Waals surface area (Å²) in [5.41, 5.74) is 6.52. The van der Waals surface area contributed by atoms with E-state index in [1.807, 2.05) is 4.90 Å². The van der Waals surface area contributed by atoms with Crippen LogP contribution in [0.2, 0.25) is 0 Å². The number of carbonyl (C=O) groups is 2. The third kappa shape index (κ3) is 4.54. The van der Waals surface area contributed by atoms with E-state index in [2.05, 4.69) is 20.2 Å². The molecule has 2 heterocycles. The highest BCUT2D eigenvalue weighted by Crippen LogP contribution is 2.21. The van der Waals surface area contributed by atoms with Crippen molar-refractivity contribution in [3.05, 3.63) is 41.8 Å². The Morgan fingerprint density at radius 2 is 1.71 bits per heavy atom. The van der Waals surface area contributed by atoms with Crippen molar-refractivity contribution < 1.29 is 14.0 Å². The van der Waals surface area contributed by atoms with E-state index in [0.717, 1.165) is 5.69 Å². The van der Waals surface area contributed by atoms with Crippen LogP contribution >= 0.6 is 0 Å². The van der Waals surface area contributed by atoms with Gasteiger partial charge in [-0.25, -0.2) is 9.37 Å². The molecule has 148 valence electrons. The van der Waals surface area contributed by atoms with Crippen molar-refractivity contribution in [1.29, 1.82) is 0 Å². The smallest absolute Gasteiger partial charge is 0.239 e. The largest absolute Gasteiger partial charge is 0.368 e. The number of nitrogens with one attached hydrogen (secondary N) is 1. The first-order valence-electron chi connectivity index (χ1n) is 9.05. The van der Waals surface area contributed by atoms with Crippen LogP contribution in [0, 0.1) is 5.82 Å². The average molecular weight is 386 g/mol. The molecular weight excluding hydrogens is 363 g/mol. The molecule has 1 saturated heterocycles. The van der Waals surface area contributed by atoms with E-state index < -0.39 is 11.9 Å². The van der Waals surface area contributed by atoms with Gasteiger partial charge in [0.25, 0.3) is 0 Å². The number of anilines is 3. The quantitative estimate of drug-likeness (QED) is 0.724. The molecular formula is C19H23FN6O2. The second kappa shape index (κ2) is 8.20. The van der Waals surface area contributed by atoms with Crippen LogP contribution in [-0.2, 0) is 4.79 Å². The maximum atomic E-state index is 13.1. The second-order valence-electron chi connectivity index (χ2n) is 6.71. The number of amides is 1. The first-order chi connectivity index (χ1) is 13.3. The highest BCUT2D eigenvalue weighted by atomic mass is 19.1. The molecule has 0 spiro atoms. The van der Waals surface area contributed by atoms with Crippen molar-refractivity contribution in [2.24, 2.45) is 5.73 Å². The van der Waals surface area contributed by atoms with Crippen molar-refractivity contribution in [2.45, 2.75) is 19.9 Å². The lowest BCUT2D eigenvalue weighted by Crippen LogP contribution is -2.47. The zero-order chi connectivity index (χ0) is 20.3. The number of nitrogens with two attached hydrogens (primary N) is 1. The first-order valence-corrected chi connectivity index (χ1v) is 9.05. The molecule has 1 aliphatic rings. The molecule has 0 saturated carbocycles. The fourth-order valence-electron chi connectivity index (χ4n) is 2.94. The first kappa shape index (κ1) is 19.5. The lowest BCUT2D eigenvalue weighted by Gasteiger charge is -2.36. The van der Waals surface area contributed by atoms with Crippen molar-refractivity contribution >= 4 is 29.1 Å². The fourth-order valence-corrected chi connectivity index (χ4v) is 2.94. The van der Waals surface area contributed by atoms with E-state index >= 15 is 0 Å². The number of piperazine rings is 1. The van der Waals surface area contributed by atoms with Gasteiger partial charge in [0.15, 0.2) is 5.78 Å². The number of hydrogen-bond acceptors (Lipinski definition) is 7. The minimum absolute atomic E-state index is 0.191. The number of halogens is 1. The van der Waals surface area contributed by atoms with Crippen molar-refractivity contribution in [3.8, 4) is 0 Å². The summed E-state index contributed by atoms with van der Waals surface area (Å²) in [4.78, 5) is 36.1. The summed E-state index contributed by atoms with van der Waals surface area (Å²) in [6.07, 6.45) is 0. The summed E-state index contributed by atoms with van der Waals surface area (Å²) >= 11 is 0. The second-order valence-corrected chi connectivity index (χ2v) is 6.71. The van der Waals surface area contributed by atoms with Gasteiger partial charge in [-0.05, 0) is 31.2 Å². The monoisotopic (exact) mass is 386 g/mol. The number of rotatable bonds is 6. The summed E-state index contributed by atoms with van der Waals surface area (Å²) in [5, 5.41) is 2.91. The molecule has 0 bridgehead atoms. The van der Waals surface area contributed by atoms with Crippen LogP contribution < -0.4 is 20.9 Å². The van der Waals surface area contributed by atoms with Gasteiger partial charge in [-0.2, -0.15) is 4.98 Å². The molecule has 1 aliphatic heterocycles. The molecule has 28 heavy (non-hydrogen) atoms. The van der Waals surface area contributed by atoms with Gasteiger partial charge in [-0.15, -0.1) is 0 Å². The number of primary amides is 1. The van der Waals surface area contributed by atoms with Gasteiger partial charge in [-0.3, -0.25) is 9.59 Å². The van der Waals surface area contributed by atoms with E-state index in [1.165, 1.54) is 25.1 Å². The lowest BCUT2D eigenvalue weighted by atomic mass is 10.2. The molecule has 9 heteroatoms. The number of hydrogen-bond donors (Lipinski definition) is 2. The lowest BCUT2D eigenvalue weighted by molar-refractivity contribution is -0.118. The van der Waals surface area contributed by atoms with Crippen LogP contribution in [0.1, 0.15) is 24.3 Å². The zero-order valence-electron chi connectivity index (χ0n) is 15.9. The van der Waals surface area contributed by atoms with Crippen molar-refractivity contribution in [2.75, 3.05) is 41.3 Å². The van der Waals surface area contributed by atoms with E-state index in [1.54, 1.807) is 19.1 Å². The summed E-state index contributed by atoms with van der Waals surface area (Å²) in [7, 11) is 0. The van der Waals surface area contributed by atoms with Gasteiger partial charge in [-0.1, -0.05) is 0 Å². The van der Waals surface area contributed by atoms with Crippen molar-refractivity contribution in [3.63, 3.8) is 0 Å². The summed E-state index contributed by atoms with van der Waals surface area (Å²) in [5.74, 6) is -0.170. The number of Topliss-reactive ketones (excluding diaryl/α,β-unsaturated/α-hetero) is 1. The van der Waals surface area contributed by atoms with E-state index in [4.69, 9.17) is 5.73 Å². The molecule has 0 radical (unpaired) electrons. The Hall–Kier alpha value is -3.23. The molecule has 1 amide bonds. The Bertz CT molecular complexity index is 865. The normalized spacial score (nSPS) is 15.2. The number of aromatic nitrogens is 2. The fraction of sp³-hybridized carbons (Fsp3) is 0.368. The number of ketones is 1. The van der Waals surface area contributed by atoms with E-state index in [9.17, 15) is 14.0 Å². The molecule has 8 nitrogen and oxygen atoms in total. The molecule has 1 fully saturated rings. The predicted octanol–water partition coefficient (Wildman–Crippen LogP) is 1.43. The standard InChI is InChI=1S/C19H23FN6O2/c1-12(18(21)28)22-17-11-16(13(2)27)23-19(24-17)26-9-7-25(8-10-26)15-5-3-14(20)4-6-15/h3-6,11-12H,7-10H2,1-2H3,(H2,21,28)(H,22,23,24)/t12-/m0/s1. The molecule has 3 rings (SSSR count). The average Bonchev–Trinajstić information content (AvgIpc) is 2.68. The SMILES string of the molecule is CC(=O)c1cc(N[C@@H](C)C(N)=O)nc(N2CCN(c3ccc(F)cc3)CC2)n1. The summed E-state index contributed by atoms with van der Waals surface area (Å²) in [6, 6.07) is 7.28. The van der Waals surface area contributed by atoms with Crippen LogP contribution in [0.4, 0.5) is 21.8 Å². The molecule has 0 unspecified atom stereocenters. The summed E-state index contributed by atoms with van der Waals surface area (Å²) in [6.45, 7) is 5.76. The van der Waals surface area contributed by atoms with Crippen LogP contribution in [0.5, 0.6) is 0 Å². The Kier molecular flexibility index (Phi) is 5.72. The molecule has 1 aromatic heterocycles. The molecule has 1 atom stereocenters. The van der Waals surface area contributed by atoms with Crippen LogP contribution in [0.15, 0.2) is 30.3 Å².